The molecule has 0 spiro atoms. The SMILES string of the molecule is Cc1ccc(S(=O)(=O)NCCN=C(N)N2CCCCC2)cc1.I. The molecule has 0 bridgehead atoms. The maximum absolute atomic E-state index is 12.1. The third-order valence-corrected chi connectivity index (χ3v) is 5.17. The number of nitrogens with one attached hydrogen (secondary N) is 1. The third-order valence-electron chi connectivity index (χ3n) is 3.69. The highest BCUT2D eigenvalue weighted by molar-refractivity contribution is 14.0. The minimum Gasteiger partial charge on any atom is -0.370 e. The van der Waals surface area contributed by atoms with Crippen molar-refractivity contribution in [2.75, 3.05) is 26.2 Å². The monoisotopic (exact) mass is 452 g/mol. The van der Waals surface area contributed by atoms with Gasteiger partial charge in [0.2, 0.25) is 10.0 Å². The van der Waals surface area contributed by atoms with Crippen molar-refractivity contribution in [1.29, 1.82) is 0 Å². The number of likely N-dealkylation sites (tertiary alicyclic amines) is 1. The number of benzene rings is 1. The number of rotatable bonds is 5. The molecule has 0 aromatic heterocycles. The first kappa shape index (κ1) is 20.2. The first-order valence-electron chi connectivity index (χ1n) is 7.60. The van der Waals surface area contributed by atoms with Crippen molar-refractivity contribution in [2.24, 2.45) is 10.7 Å². The summed E-state index contributed by atoms with van der Waals surface area (Å²) in [7, 11) is -3.47. The van der Waals surface area contributed by atoms with E-state index in [0.29, 0.717) is 12.5 Å². The minimum absolute atomic E-state index is 0. The van der Waals surface area contributed by atoms with E-state index >= 15 is 0 Å². The van der Waals surface area contributed by atoms with E-state index in [-0.39, 0.29) is 35.4 Å². The van der Waals surface area contributed by atoms with Crippen LogP contribution in [0.2, 0.25) is 0 Å². The first-order chi connectivity index (χ1) is 10.5. The van der Waals surface area contributed by atoms with Gasteiger partial charge in [0.05, 0.1) is 11.4 Å². The average Bonchev–Trinajstić information content (AvgIpc) is 2.52. The Morgan fingerprint density at radius 1 is 1.22 bits per heavy atom. The zero-order chi connectivity index (χ0) is 16.0. The molecule has 1 saturated heterocycles. The molecule has 0 unspecified atom stereocenters. The van der Waals surface area contributed by atoms with Crippen LogP contribution in [0.3, 0.4) is 0 Å². The highest BCUT2D eigenvalue weighted by Gasteiger charge is 2.13. The van der Waals surface area contributed by atoms with Crippen molar-refractivity contribution in [3.05, 3.63) is 29.8 Å². The van der Waals surface area contributed by atoms with E-state index < -0.39 is 10.0 Å². The number of halogens is 1. The Hall–Kier alpha value is -0.870. The highest BCUT2D eigenvalue weighted by Crippen LogP contribution is 2.10. The third kappa shape index (κ3) is 6.27. The topological polar surface area (TPSA) is 87.8 Å². The lowest BCUT2D eigenvalue weighted by Gasteiger charge is -2.27. The van der Waals surface area contributed by atoms with Crippen LogP contribution in [0.1, 0.15) is 24.8 Å². The van der Waals surface area contributed by atoms with Gasteiger partial charge in [-0.05, 0) is 38.3 Å². The molecule has 1 heterocycles. The molecule has 0 saturated carbocycles. The summed E-state index contributed by atoms with van der Waals surface area (Å²) in [5.74, 6) is 0.509. The molecule has 6 nitrogen and oxygen atoms in total. The zero-order valence-electron chi connectivity index (χ0n) is 13.4. The van der Waals surface area contributed by atoms with Crippen molar-refractivity contribution in [3.63, 3.8) is 0 Å². The van der Waals surface area contributed by atoms with Crippen molar-refractivity contribution >= 4 is 40.0 Å². The van der Waals surface area contributed by atoms with Crippen LogP contribution in [0.4, 0.5) is 0 Å². The summed E-state index contributed by atoms with van der Waals surface area (Å²) >= 11 is 0. The van der Waals surface area contributed by atoms with Crippen molar-refractivity contribution in [1.82, 2.24) is 9.62 Å². The molecule has 8 heteroatoms. The Balaban J connectivity index is 0.00000264. The molecule has 0 amide bonds. The molecule has 130 valence electrons. The van der Waals surface area contributed by atoms with E-state index in [1.807, 2.05) is 6.92 Å². The summed E-state index contributed by atoms with van der Waals surface area (Å²) in [5.41, 5.74) is 6.95. The molecule has 1 aliphatic heterocycles. The van der Waals surface area contributed by atoms with Crippen LogP contribution in [-0.2, 0) is 10.0 Å². The van der Waals surface area contributed by atoms with Gasteiger partial charge in [0.15, 0.2) is 5.96 Å². The summed E-state index contributed by atoms with van der Waals surface area (Å²) < 4.78 is 26.7. The van der Waals surface area contributed by atoms with Gasteiger partial charge in [0.25, 0.3) is 0 Å². The number of piperidine rings is 1. The molecule has 0 aliphatic carbocycles. The molecule has 0 radical (unpaired) electrons. The van der Waals surface area contributed by atoms with Gasteiger partial charge in [0.1, 0.15) is 0 Å². The number of aliphatic imine (C=N–C) groups is 1. The van der Waals surface area contributed by atoms with Gasteiger partial charge in [-0.15, -0.1) is 24.0 Å². The van der Waals surface area contributed by atoms with Crippen LogP contribution >= 0.6 is 24.0 Å². The Kier molecular flexibility index (Phi) is 8.27. The number of nitrogens with zero attached hydrogens (tertiary/aromatic N) is 2. The minimum atomic E-state index is -3.47. The highest BCUT2D eigenvalue weighted by atomic mass is 127. The molecule has 0 atom stereocenters. The number of nitrogens with two attached hydrogens (primary N) is 1. The van der Waals surface area contributed by atoms with Crippen molar-refractivity contribution < 1.29 is 8.42 Å². The molecule has 3 N–H and O–H groups in total. The fraction of sp³-hybridized carbons (Fsp3) is 0.533. The molecular weight excluding hydrogens is 427 g/mol. The van der Waals surface area contributed by atoms with Crippen molar-refractivity contribution in [2.45, 2.75) is 31.1 Å². The quantitative estimate of drug-likeness (QED) is 0.308. The first-order valence-corrected chi connectivity index (χ1v) is 9.08. The number of sulfonamides is 1. The summed E-state index contributed by atoms with van der Waals surface area (Å²) in [6.45, 7) is 4.37. The van der Waals surface area contributed by atoms with Crippen LogP contribution < -0.4 is 10.5 Å². The smallest absolute Gasteiger partial charge is 0.240 e. The molecule has 2 rings (SSSR count). The van der Waals surface area contributed by atoms with Crippen LogP contribution in [0, 0.1) is 6.92 Å². The van der Waals surface area contributed by atoms with Gasteiger partial charge >= 0.3 is 0 Å². The largest absolute Gasteiger partial charge is 0.370 e. The van der Waals surface area contributed by atoms with Crippen LogP contribution in [0.25, 0.3) is 0 Å². The van der Waals surface area contributed by atoms with E-state index in [9.17, 15) is 8.42 Å². The Morgan fingerprint density at radius 2 is 1.83 bits per heavy atom. The Bertz CT molecular complexity index is 611. The number of hydrogen-bond acceptors (Lipinski definition) is 3. The van der Waals surface area contributed by atoms with Gasteiger partial charge in [0, 0.05) is 19.6 Å². The standard InChI is InChI=1S/C15H24N4O2S.HI/c1-13-5-7-14(8-6-13)22(20,21)18-10-9-17-15(16)19-11-3-2-4-12-19;/h5-8,18H,2-4,9-12H2,1H3,(H2,16,17);1H. The summed E-state index contributed by atoms with van der Waals surface area (Å²) in [6.07, 6.45) is 3.51. The second kappa shape index (κ2) is 9.43. The summed E-state index contributed by atoms with van der Waals surface area (Å²) in [5, 5.41) is 0. The fourth-order valence-corrected chi connectivity index (χ4v) is 3.40. The average molecular weight is 452 g/mol. The fourth-order valence-electron chi connectivity index (χ4n) is 2.37. The number of hydrogen-bond donors (Lipinski definition) is 2. The zero-order valence-corrected chi connectivity index (χ0v) is 16.5. The van der Waals surface area contributed by atoms with Gasteiger partial charge in [-0.1, -0.05) is 17.7 Å². The van der Waals surface area contributed by atoms with Crippen LogP contribution in [0.15, 0.2) is 34.2 Å². The van der Waals surface area contributed by atoms with E-state index in [0.717, 1.165) is 31.5 Å². The lowest BCUT2D eigenvalue weighted by molar-refractivity contribution is 0.338. The van der Waals surface area contributed by atoms with E-state index in [2.05, 4.69) is 14.6 Å². The number of aryl methyl sites for hydroxylation is 1. The summed E-state index contributed by atoms with van der Waals surface area (Å²) in [4.78, 5) is 6.58. The van der Waals surface area contributed by atoms with E-state index in [4.69, 9.17) is 5.73 Å². The normalized spacial score (nSPS) is 16.0. The predicted molar refractivity (Wildman–Crippen MR) is 104 cm³/mol. The lowest BCUT2D eigenvalue weighted by Crippen LogP contribution is -2.41. The van der Waals surface area contributed by atoms with Crippen LogP contribution in [-0.4, -0.2) is 45.5 Å². The maximum atomic E-state index is 12.1. The second-order valence-electron chi connectivity index (χ2n) is 5.50. The molecule has 1 fully saturated rings. The number of guanidine groups is 1. The Morgan fingerprint density at radius 3 is 2.43 bits per heavy atom. The van der Waals surface area contributed by atoms with Crippen molar-refractivity contribution in [3.8, 4) is 0 Å². The van der Waals surface area contributed by atoms with Gasteiger partial charge in [-0.3, -0.25) is 4.99 Å². The molecular formula is C15H25IN4O2S. The maximum Gasteiger partial charge on any atom is 0.240 e. The molecule has 1 aliphatic rings. The molecule has 1 aromatic rings. The second-order valence-corrected chi connectivity index (χ2v) is 7.27. The van der Waals surface area contributed by atoms with Gasteiger partial charge in [-0.25, -0.2) is 13.1 Å². The Labute approximate surface area is 155 Å². The van der Waals surface area contributed by atoms with Gasteiger partial charge < -0.3 is 10.6 Å². The lowest BCUT2D eigenvalue weighted by atomic mass is 10.1. The molecule has 23 heavy (non-hydrogen) atoms. The van der Waals surface area contributed by atoms with Gasteiger partial charge in [-0.2, -0.15) is 0 Å². The van der Waals surface area contributed by atoms with E-state index in [1.165, 1.54) is 6.42 Å². The molecule has 1 aromatic carbocycles. The summed E-state index contributed by atoms with van der Waals surface area (Å²) in [6, 6.07) is 6.76. The van der Waals surface area contributed by atoms with E-state index in [1.54, 1.807) is 24.3 Å². The predicted octanol–water partition coefficient (Wildman–Crippen LogP) is 1.69. The van der Waals surface area contributed by atoms with Crippen LogP contribution in [0.5, 0.6) is 0 Å².